The SMILES string of the molecule is CCC(C)CCNC(C)(CC)CN=C(N)N.CCCCCCCCCCCCN. The van der Waals surface area contributed by atoms with Crippen molar-refractivity contribution in [3.8, 4) is 0 Å². The molecule has 0 aliphatic heterocycles. The Bertz CT molecular complexity index is 345. The maximum atomic E-state index is 5.42. The lowest BCUT2D eigenvalue weighted by molar-refractivity contribution is 0.336. The molecule has 5 nitrogen and oxygen atoms in total. The van der Waals surface area contributed by atoms with Gasteiger partial charge in [0.05, 0.1) is 6.54 Å². The summed E-state index contributed by atoms with van der Waals surface area (Å²) in [7, 11) is 0. The summed E-state index contributed by atoms with van der Waals surface area (Å²) in [5, 5.41) is 3.55. The van der Waals surface area contributed by atoms with Crippen molar-refractivity contribution in [1.82, 2.24) is 5.32 Å². The molecule has 0 radical (unpaired) electrons. The Morgan fingerprint density at radius 3 is 1.83 bits per heavy atom. The number of nitrogens with two attached hydrogens (primary N) is 3. The van der Waals surface area contributed by atoms with E-state index >= 15 is 0 Å². The maximum Gasteiger partial charge on any atom is 0.185 e. The van der Waals surface area contributed by atoms with Gasteiger partial charge in [-0.2, -0.15) is 0 Å². The molecule has 0 saturated heterocycles. The first-order valence-electron chi connectivity index (χ1n) is 12.4. The molecular formula is C24H55N5. The van der Waals surface area contributed by atoms with Crippen LogP contribution in [0.3, 0.4) is 0 Å². The Morgan fingerprint density at radius 2 is 1.41 bits per heavy atom. The molecule has 0 amide bonds. The summed E-state index contributed by atoms with van der Waals surface area (Å²) >= 11 is 0. The second-order valence-electron chi connectivity index (χ2n) is 8.85. The maximum absolute atomic E-state index is 5.42. The second kappa shape index (κ2) is 21.9. The molecule has 176 valence electrons. The normalized spacial score (nSPS) is 13.9. The lowest BCUT2D eigenvalue weighted by Gasteiger charge is -2.28. The van der Waals surface area contributed by atoms with E-state index in [9.17, 15) is 0 Å². The van der Waals surface area contributed by atoms with Crippen LogP contribution in [0.1, 0.15) is 118 Å². The van der Waals surface area contributed by atoms with Gasteiger partial charge in [-0.25, -0.2) is 0 Å². The Hall–Kier alpha value is -0.810. The average Bonchev–Trinajstić information content (AvgIpc) is 2.71. The first-order chi connectivity index (χ1) is 13.8. The lowest BCUT2D eigenvalue weighted by atomic mass is 9.97. The minimum atomic E-state index is 0.0114. The van der Waals surface area contributed by atoms with Crippen molar-refractivity contribution in [2.24, 2.45) is 28.1 Å². The molecule has 0 aromatic heterocycles. The predicted molar refractivity (Wildman–Crippen MR) is 132 cm³/mol. The molecule has 0 aromatic carbocycles. The van der Waals surface area contributed by atoms with Gasteiger partial charge in [0.2, 0.25) is 0 Å². The molecule has 2 unspecified atom stereocenters. The van der Waals surface area contributed by atoms with Gasteiger partial charge in [0, 0.05) is 5.54 Å². The van der Waals surface area contributed by atoms with Gasteiger partial charge in [0.1, 0.15) is 0 Å². The van der Waals surface area contributed by atoms with Crippen molar-refractivity contribution in [3.63, 3.8) is 0 Å². The predicted octanol–water partition coefficient (Wildman–Crippen LogP) is 5.32. The van der Waals surface area contributed by atoms with Crippen molar-refractivity contribution in [3.05, 3.63) is 0 Å². The van der Waals surface area contributed by atoms with Crippen LogP contribution in [0, 0.1) is 5.92 Å². The minimum Gasteiger partial charge on any atom is -0.370 e. The van der Waals surface area contributed by atoms with E-state index in [0.717, 1.165) is 25.4 Å². The third kappa shape index (κ3) is 23.3. The van der Waals surface area contributed by atoms with Gasteiger partial charge >= 0.3 is 0 Å². The largest absolute Gasteiger partial charge is 0.370 e. The first-order valence-corrected chi connectivity index (χ1v) is 12.4. The Kier molecular flexibility index (Phi) is 22.9. The first kappa shape index (κ1) is 30.4. The number of nitrogens with one attached hydrogen (secondary N) is 1. The fourth-order valence-corrected chi connectivity index (χ4v) is 3.01. The van der Waals surface area contributed by atoms with Crippen LogP contribution in [-0.2, 0) is 0 Å². The van der Waals surface area contributed by atoms with Crippen molar-refractivity contribution in [2.45, 2.75) is 124 Å². The van der Waals surface area contributed by atoms with E-state index in [1.807, 2.05) is 0 Å². The molecule has 0 fully saturated rings. The highest BCUT2D eigenvalue weighted by molar-refractivity contribution is 5.75. The summed E-state index contributed by atoms with van der Waals surface area (Å²) in [6.45, 7) is 13.6. The van der Waals surface area contributed by atoms with Crippen LogP contribution in [0.2, 0.25) is 0 Å². The monoisotopic (exact) mass is 413 g/mol. The standard InChI is InChI=1S/C12H28N4.C12H27N/c1-5-10(3)7-8-16-12(4,6-2)9-15-11(13)14;1-2-3-4-5-6-7-8-9-10-11-12-13/h10,16H,5-9H2,1-4H3,(H4,13,14,15);2-13H2,1H3. The van der Waals surface area contributed by atoms with E-state index in [0.29, 0.717) is 6.54 Å². The number of hydrogen-bond donors (Lipinski definition) is 4. The number of rotatable bonds is 18. The van der Waals surface area contributed by atoms with Crippen LogP contribution in [-0.4, -0.2) is 31.1 Å². The third-order valence-corrected chi connectivity index (χ3v) is 5.83. The van der Waals surface area contributed by atoms with E-state index in [2.05, 4.69) is 44.9 Å². The van der Waals surface area contributed by atoms with E-state index in [1.165, 1.54) is 77.0 Å². The Morgan fingerprint density at radius 1 is 0.897 bits per heavy atom. The molecular weight excluding hydrogens is 358 g/mol. The number of guanidine groups is 1. The van der Waals surface area contributed by atoms with E-state index in [4.69, 9.17) is 17.2 Å². The smallest absolute Gasteiger partial charge is 0.185 e. The molecule has 0 aliphatic carbocycles. The van der Waals surface area contributed by atoms with Gasteiger partial charge < -0.3 is 22.5 Å². The summed E-state index contributed by atoms with van der Waals surface area (Å²) < 4.78 is 0. The molecule has 5 heteroatoms. The van der Waals surface area contributed by atoms with Crippen LogP contribution in [0.5, 0.6) is 0 Å². The zero-order chi connectivity index (χ0) is 22.4. The molecule has 0 bridgehead atoms. The second-order valence-corrected chi connectivity index (χ2v) is 8.85. The van der Waals surface area contributed by atoms with Crippen molar-refractivity contribution >= 4 is 5.96 Å². The summed E-state index contributed by atoms with van der Waals surface area (Å²) in [5.74, 6) is 0.945. The molecule has 2 atom stereocenters. The quantitative estimate of drug-likeness (QED) is 0.139. The molecule has 0 saturated carbocycles. The van der Waals surface area contributed by atoms with Gasteiger partial charge in [-0.1, -0.05) is 91.9 Å². The highest BCUT2D eigenvalue weighted by Crippen LogP contribution is 2.12. The molecule has 0 rings (SSSR count). The number of nitrogens with zero attached hydrogens (tertiary/aromatic N) is 1. The summed E-state index contributed by atoms with van der Waals surface area (Å²) in [6, 6.07) is 0. The van der Waals surface area contributed by atoms with Crippen molar-refractivity contribution < 1.29 is 0 Å². The summed E-state index contributed by atoms with van der Waals surface area (Å²) in [6.07, 6.45) is 17.4. The third-order valence-electron chi connectivity index (χ3n) is 5.83. The topological polar surface area (TPSA) is 102 Å². The van der Waals surface area contributed by atoms with E-state index in [1.54, 1.807) is 0 Å². The zero-order valence-corrected chi connectivity index (χ0v) is 20.6. The molecule has 0 aromatic rings. The van der Waals surface area contributed by atoms with Gasteiger partial charge in [-0.15, -0.1) is 0 Å². The highest BCUT2D eigenvalue weighted by Gasteiger charge is 2.20. The lowest BCUT2D eigenvalue weighted by Crippen LogP contribution is -2.46. The summed E-state index contributed by atoms with van der Waals surface area (Å²) in [4.78, 5) is 4.10. The molecule has 29 heavy (non-hydrogen) atoms. The van der Waals surface area contributed by atoms with Gasteiger partial charge in [0.15, 0.2) is 5.96 Å². The van der Waals surface area contributed by atoms with Crippen molar-refractivity contribution in [1.29, 1.82) is 0 Å². The van der Waals surface area contributed by atoms with Gasteiger partial charge in [-0.05, 0) is 45.2 Å². The van der Waals surface area contributed by atoms with Crippen LogP contribution in [0.4, 0.5) is 0 Å². The fourth-order valence-electron chi connectivity index (χ4n) is 3.01. The van der Waals surface area contributed by atoms with Crippen LogP contribution < -0.4 is 22.5 Å². The number of unbranched alkanes of at least 4 members (excludes halogenated alkanes) is 9. The molecule has 0 aliphatic rings. The Balaban J connectivity index is 0. The molecule has 0 heterocycles. The number of aliphatic imine (C=N–C) groups is 1. The number of hydrogen-bond acceptors (Lipinski definition) is 3. The Labute approximate surface area is 183 Å². The summed E-state index contributed by atoms with van der Waals surface area (Å²) in [5.41, 5.74) is 16.1. The molecule has 0 spiro atoms. The van der Waals surface area contributed by atoms with E-state index in [-0.39, 0.29) is 11.5 Å². The van der Waals surface area contributed by atoms with E-state index < -0.39 is 0 Å². The van der Waals surface area contributed by atoms with Gasteiger partial charge in [0.25, 0.3) is 0 Å². The zero-order valence-electron chi connectivity index (χ0n) is 20.6. The van der Waals surface area contributed by atoms with Gasteiger partial charge in [-0.3, -0.25) is 4.99 Å². The van der Waals surface area contributed by atoms with Crippen LogP contribution in [0.15, 0.2) is 4.99 Å². The minimum absolute atomic E-state index is 0.0114. The average molecular weight is 414 g/mol. The van der Waals surface area contributed by atoms with Crippen LogP contribution in [0.25, 0.3) is 0 Å². The molecule has 7 N–H and O–H groups in total. The van der Waals surface area contributed by atoms with Crippen LogP contribution >= 0.6 is 0 Å². The van der Waals surface area contributed by atoms with Crippen molar-refractivity contribution in [2.75, 3.05) is 19.6 Å². The fraction of sp³-hybridized carbons (Fsp3) is 0.958. The highest BCUT2D eigenvalue weighted by atomic mass is 15.0.